The van der Waals surface area contributed by atoms with E-state index in [0.29, 0.717) is 6.42 Å². The van der Waals surface area contributed by atoms with Crippen molar-refractivity contribution in [1.82, 2.24) is 0 Å². The van der Waals surface area contributed by atoms with Crippen molar-refractivity contribution in [3.05, 3.63) is 125 Å². The van der Waals surface area contributed by atoms with Crippen molar-refractivity contribution in [2.45, 2.75) is 11.8 Å². The molecule has 0 aromatic heterocycles. The van der Waals surface area contributed by atoms with Gasteiger partial charge in [-0.1, -0.05) is 97.1 Å². The SMILES string of the molecule is O=C1CC=CC2=C1C(c1ccccc1)(c1ccccc1)c1ccccc12. The first-order valence-corrected chi connectivity index (χ1v) is 8.99. The molecule has 0 aliphatic heterocycles. The zero-order chi connectivity index (χ0) is 17.6. The van der Waals surface area contributed by atoms with Crippen LogP contribution >= 0.6 is 0 Å². The average Bonchev–Trinajstić information content (AvgIpc) is 3.02. The van der Waals surface area contributed by atoms with Gasteiger partial charge in [0, 0.05) is 12.0 Å². The highest BCUT2D eigenvalue weighted by atomic mass is 16.1. The van der Waals surface area contributed by atoms with Crippen LogP contribution in [0.15, 0.2) is 103 Å². The van der Waals surface area contributed by atoms with Crippen molar-refractivity contribution in [3.63, 3.8) is 0 Å². The van der Waals surface area contributed by atoms with Crippen molar-refractivity contribution in [3.8, 4) is 0 Å². The van der Waals surface area contributed by atoms with Crippen LogP contribution in [0.1, 0.15) is 28.7 Å². The fourth-order valence-electron chi connectivity index (χ4n) is 4.58. The second-order valence-corrected chi connectivity index (χ2v) is 6.85. The molecule has 0 N–H and O–H groups in total. The Bertz CT molecular complexity index is 1020. The van der Waals surface area contributed by atoms with Gasteiger partial charge in [-0.05, 0) is 27.8 Å². The fraction of sp³-hybridized carbons (Fsp3) is 0.0800. The second kappa shape index (κ2) is 5.67. The summed E-state index contributed by atoms with van der Waals surface area (Å²) in [7, 11) is 0. The topological polar surface area (TPSA) is 17.1 Å². The van der Waals surface area contributed by atoms with E-state index in [1.165, 1.54) is 11.1 Å². The Hall–Kier alpha value is -3.19. The maximum Gasteiger partial charge on any atom is 0.164 e. The zero-order valence-electron chi connectivity index (χ0n) is 14.4. The Morgan fingerprint density at radius 2 is 1.27 bits per heavy atom. The van der Waals surface area contributed by atoms with E-state index in [-0.39, 0.29) is 5.78 Å². The minimum atomic E-state index is -0.545. The van der Waals surface area contributed by atoms with Gasteiger partial charge in [0.15, 0.2) is 5.78 Å². The molecule has 2 aliphatic rings. The molecule has 0 spiro atoms. The minimum Gasteiger partial charge on any atom is -0.294 e. The Kier molecular flexibility index (Phi) is 3.29. The summed E-state index contributed by atoms with van der Waals surface area (Å²) in [5, 5.41) is 0. The monoisotopic (exact) mass is 334 g/mol. The zero-order valence-corrected chi connectivity index (χ0v) is 14.4. The molecule has 3 aromatic rings. The van der Waals surface area contributed by atoms with Crippen LogP contribution in [0.4, 0.5) is 0 Å². The van der Waals surface area contributed by atoms with Crippen LogP contribution in [0.5, 0.6) is 0 Å². The molecular formula is C25H18O. The third-order valence-electron chi connectivity index (χ3n) is 5.55. The average molecular weight is 334 g/mol. The highest BCUT2D eigenvalue weighted by Gasteiger charge is 2.49. The maximum atomic E-state index is 13.2. The second-order valence-electron chi connectivity index (χ2n) is 6.85. The predicted molar refractivity (Wildman–Crippen MR) is 105 cm³/mol. The first-order valence-electron chi connectivity index (χ1n) is 8.99. The van der Waals surface area contributed by atoms with Crippen molar-refractivity contribution < 1.29 is 4.79 Å². The normalized spacial score (nSPS) is 17.2. The van der Waals surface area contributed by atoms with Crippen LogP contribution in [0.25, 0.3) is 5.57 Å². The third kappa shape index (κ3) is 1.89. The van der Waals surface area contributed by atoms with E-state index in [1.54, 1.807) is 0 Å². The molecular weight excluding hydrogens is 316 g/mol. The summed E-state index contributed by atoms with van der Waals surface area (Å²) in [6, 6.07) is 29.3. The first kappa shape index (κ1) is 15.1. The van der Waals surface area contributed by atoms with Crippen LogP contribution < -0.4 is 0 Å². The molecule has 0 heterocycles. The van der Waals surface area contributed by atoms with E-state index in [9.17, 15) is 4.79 Å². The number of Topliss-reactive ketones (excluding diaryl/α,β-unsaturated/α-hetero) is 1. The van der Waals surface area contributed by atoms with Gasteiger partial charge in [-0.2, -0.15) is 0 Å². The minimum absolute atomic E-state index is 0.214. The molecule has 1 nitrogen and oxygen atoms in total. The van der Waals surface area contributed by atoms with Gasteiger partial charge in [-0.15, -0.1) is 0 Å². The van der Waals surface area contributed by atoms with E-state index in [2.05, 4.69) is 78.9 Å². The Morgan fingerprint density at radius 3 is 1.92 bits per heavy atom. The maximum absolute atomic E-state index is 13.2. The van der Waals surface area contributed by atoms with Crippen molar-refractivity contribution in [2.75, 3.05) is 0 Å². The predicted octanol–water partition coefficient (Wildman–Crippen LogP) is 5.32. The number of ketones is 1. The Balaban J connectivity index is 1.97. The van der Waals surface area contributed by atoms with Gasteiger partial charge in [-0.25, -0.2) is 0 Å². The lowest BCUT2D eigenvalue weighted by Gasteiger charge is -2.35. The number of allylic oxidation sites excluding steroid dienone is 4. The van der Waals surface area contributed by atoms with E-state index >= 15 is 0 Å². The first-order chi connectivity index (χ1) is 12.8. The molecule has 0 saturated carbocycles. The lowest BCUT2D eigenvalue weighted by atomic mass is 9.65. The van der Waals surface area contributed by atoms with Gasteiger partial charge in [0.2, 0.25) is 0 Å². The van der Waals surface area contributed by atoms with Gasteiger partial charge < -0.3 is 0 Å². The molecule has 3 aromatic carbocycles. The van der Waals surface area contributed by atoms with Gasteiger partial charge in [-0.3, -0.25) is 4.79 Å². The fourth-order valence-corrected chi connectivity index (χ4v) is 4.58. The summed E-state index contributed by atoms with van der Waals surface area (Å²) in [6.45, 7) is 0. The number of carbonyl (C=O) groups excluding carboxylic acids is 1. The van der Waals surface area contributed by atoms with Gasteiger partial charge in [0.1, 0.15) is 0 Å². The highest BCUT2D eigenvalue weighted by Crippen LogP contribution is 2.55. The summed E-state index contributed by atoms with van der Waals surface area (Å²) in [5.41, 5.74) is 6.10. The molecule has 26 heavy (non-hydrogen) atoms. The molecule has 0 saturated heterocycles. The molecule has 0 amide bonds. The lowest BCUT2D eigenvalue weighted by Crippen LogP contribution is -2.33. The Morgan fingerprint density at radius 1 is 0.692 bits per heavy atom. The largest absolute Gasteiger partial charge is 0.294 e. The molecule has 1 heteroatoms. The summed E-state index contributed by atoms with van der Waals surface area (Å²) >= 11 is 0. The van der Waals surface area contributed by atoms with Gasteiger partial charge in [0.05, 0.1) is 5.41 Å². The Labute approximate surface area is 153 Å². The number of benzene rings is 3. The molecule has 2 aliphatic carbocycles. The lowest BCUT2D eigenvalue weighted by molar-refractivity contribution is -0.115. The van der Waals surface area contributed by atoms with Crippen LogP contribution in [0.3, 0.4) is 0 Å². The highest BCUT2D eigenvalue weighted by molar-refractivity contribution is 6.14. The van der Waals surface area contributed by atoms with E-state index in [4.69, 9.17) is 0 Å². The number of fused-ring (bicyclic) bond motifs is 2. The molecule has 0 fully saturated rings. The third-order valence-corrected chi connectivity index (χ3v) is 5.55. The van der Waals surface area contributed by atoms with Gasteiger partial charge in [0.25, 0.3) is 0 Å². The van der Waals surface area contributed by atoms with Crippen LogP contribution in [-0.4, -0.2) is 5.78 Å². The summed E-state index contributed by atoms with van der Waals surface area (Å²) in [4.78, 5) is 13.2. The molecule has 0 radical (unpaired) electrons. The number of hydrogen-bond donors (Lipinski definition) is 0. The molecule has 0 atom stereocenters. The smallest absolute Gasteiger partial charge is 0.164 e. The standard InChI is InChI=1S/C25H18O/c26-23-17-9-15-21-20-14-7-8-16-22(20)25(24(21)23,18-10-3-1-4-11-18)19-12-5-2-6-13-19/h1-16H,17H2. The van der Waals surface area contributed by atoms with Crippen LogP contribution in [0.2, 0.25) is 0 Å². The van der Waals surface area contributed by atoms with Crippen molar-refractivity contribution in [1.29, 1.82) is 0 Å². The van der Waals surface area contributed by atoms with E-state index in [1.807, 2.05) is 18.2 Å². The number of hydrogen-bond acceptors (Lipinski definition) is 1. The molecule has 0 bridgehead atoms. The van der Waals surface area contributed by atoms with Gasteiger partial charge >= 0.3 is 0 Å². The quantitative estimate of drug-likeness (QED) is 0.620. The summed E-state index contributed by atoms with van der Waals surface area (Å²) < 4.78 is 0. The van der Waals surface area contributed by atoms with E-state index in [0.717, 1.165) is 22.3 Å². The summed E-state index contributed by atoms with van der Waals surface area (Å²) in [5.74, 6) is 0.214. The molecule has 124 valence electrons. The van der Waals surface area contributed by atoms with E-state index < -0.39 is 5.41 Å². The van der Waals surface area contributed by atoms with Crippen LogP contribution in [-0.2, 0) is 10.2 Å². The van der Waals surface area contributed by atoms with Crippen molar-refractivity contribution >= 4 is 11.4 Å². The molecule has 5 rings (SSSR count). The number of carbonyl (C=O) groups is 1. The number of rotatable bonds is 2. The van der Waals surface area contributed by atoms with Crippen molar-refractivity contribution in [2.24, 2.45) is 0 Å². The molecule has 0 unspecified atom stereocenters. The summed E-state index contributed by atoms with van der Waals surface area (Å²) in [6.07, 6.45) is 4.58. The van der Waals surface area contributed by atoms with Crippen LogP contribution in [0, 0.1) is 0 Å².